The van der Waals surface area contributed by atoms with Crippen molar-refractivity contribution in [3.05, 3.63) is 66.0 Å². The maximum Gasteiger partial charge on any atom is 0.296 e. The van der Waals surface area contributed by atoms with Gasteiger partial charge in [-0.2, -0.15) is 4.40 Å². The molecule has 0 radical (unpaired) electrons. The highest BCUT2D eigenvalue weighted by molar-refractivity contribution is 5.98. The van der Waals surface area contributed by atoms with E-state index in [9.17, 15) is 9.90 Å². The highest BCUT2D eigenvalue weighted by Gasteiger charge is 2.58. The van der Waals surface area contributed by atoms with Gasteiger partial charge in [-0.25, -0.2) is 4.98 Å². The summed E-state index contributed by atoms with van der Waals surface area (Å²) in [5, 5.41) is 14.4. The molecule has 4 aliphatic carbocycles. The second kappa shape index (κ2) is 6.38. The van der Waals surface area contributed by atoms with Crippen LogP contribution in [0.15, 0.2) is 48.9 Å². The summed E-state index contributed by atoms with van der Waals surface area (Å²) in [4.78, 5) is 21.0. The molecule has 4 fully saturated rings. The third-order valence-electron chi connectivity index (χ3n) is 7.43. The molecule has 7 rings (SSSR count). The molecule has 0 saturated heterocycles. The van der Waals surface area contributed by atoms with E-state index in [1.807, 2.05) is 36.5 Å². The molecule has 0 spiro atoms. The Morgan fingerprint density at radius 2 is 1.93 bits per heavy atom. The molecule has 3 aromatic rings. The zero-order valence-corrected chi connectivity index (χ0v) is 17.0. The molecule has 4 saturated carbocycles. The number of nitrogens with zero attached hydrogens (tertiary/aromatic N) is 2. The van der Waals surface area contributed by atoms with Crippen LogP contribution in [0.3, 0.4) is 0 Å². The van der Waals surface area contributed by atoms with Crippen LogP contribution in [0, 0.1) is 11.8 Å². The number of hydrogen-bond acceptors (Lipinski definition) is 3. The van der Waals surface area contributed by atoms with E-state index in [2.05, 4.69) is 19.7 Å². The number of hydrogen-bond donors (Lipinski definition) is 3. The molecule has 4 aliphatic rings. The van der Waals surface area contributed by atoms with Crippen molar-refractivity contribution >= 4 is 11.4 Å². The fraction of sp³-hybridized carbons (Fsp3) is 0.458. The van der Waals surface area contributed by atoms with Gasteiger partial charge in [0.15, 0.2) is 5.52 Å². The summed E-state index contributed by atoms with van der Waals surface area (Å²) in [6, 6.07) is 9.91. The summed E-state index contributed by atoms with van der Waals surface area (Å²) in [6.07, 6.45) is 11.9. The lowest BCUT2D eigenvalue weighted by molar-refractivity contribution is -0.520. The number of H-pyrrole nitrogens is 1. The molecule has 3 heterocycles. The van der Waals surface area contributed by atoms with Gasteiger partial charge in [-0.3, -0.25) is 9.78 Å². The summed E-state index contributed by atoms with van der Waals surface area (Å²) in [5.74, 6) is 1.97. The number of aromatic amines is 1. The average Bonchev–Trinajstić information content (AvgIpc) is 3.05. The van der Waals surface area contributed by atoms with Crippen LogP contribution < -0.4 is 9.72 Å². The van der Waals surface area contributed by atoms with Crippen molar-refractivity contribution in [3.8, 4) is 0 Å². The van der Waals surface area contributed by atoms with Gasteiger partial charge in [-0.15, -0.1) is 0 Å². The fourth-order valence-electron chi connectivity index (χ4n) is 6.81. The predicted octanol–water partition coefficient (Wildman–Crippen LogP) is 2.55. The van der Waals surface area contributed by atoms with Crippen molar-refractivity contribution in [2.24, 2.45) is 11.8 Å². The molecule has 0 aromatic carbocycles. The minimum absolute atomic E-state index is 0.0646. The van der Waals surface area contributed by atoms with Crippen LogP contribution in [0.25, 0.3) is 5.52 Å². The van der Waals surface area contributed by atoms with Crippen LogP contribution in [0.5, 0.6) is 0 Å². The second-order valence-corrected chi connectivity index (χ2v) is 9.85. The highest BCUT2D eigenvalue weighted by atomic mass is 16.3. The van der Waals surface area contributed by atoms with Crippen molar-refractivity contribution in [1.82, 2.24) is 15.3 Å². The number of aromatic nitrogens is 3. The number of aliphatic hydroxyl groups is 1. The summed E-state index contributed by atoms with van der Waals surface area (Å²) >= 11 is 0. The smallest absolute Gasteiger partial charge is 0.296 e. The van der Waals surface area contributed by atoms with Crippen molar-refractivity contribution in [3.63, 3.8) is 0 Å². The number of carbonyl (C=O) groups is 1. The molecule has 30 heavy (non-hydrogen) atoms. The van der Waals surface area contributed by atoms with E-state index >= 15 is 0 Å². The molecule has 0 aliphatic heterocycles. The van der Waals surface area contributed by atoms with Gasteiger partial charge in [0.2, 0.25) is 5.69 Å². The largest absolute Gasteiger partial charge is 0.390 e. The lowest BCUT2D eigenvalue weighted by Crippen LogP contribution is -2.65. The third-order valence-corrected chi connectivity index (χ3v) is 7.43. The Balaban J connectivity index is 1.33. The quantitative estimate of drug-likeness (QED) is 0.586. The van der Waals surface area contributed by atoms with Crippen LogP contribution in [-0.4, -0.2) is 32.1 Å². The minimum Gasteiger partial charge on any atom is -0.390 e. The Morgan fingerprint density at radius 1 is 1.17 bits per heavy atom. The Bertz CT molecular complexity index is 1110. The number of pyridine rings is 2. The van der Waals surface area contributed by atoms with Gasteiger partial charge in [0.1, 0.15) is 0 Å². The van der Waals surface area contributed by atoms with Gasteiger partial charge in [0, 0.05) is 17.9 Å². The van der Waals surface area contributed by atoms with Crippen LogP contribution >= 0.6 is 0 Å². The van der Waals surface area contributed by atoms with Gasteiger partial charge in [-0.1, -0.05) is 6.07 Å². The molecule has 3 N–H and O–H groups in total. The van der Waals surface area contributed by atoms with Gasteiger partial charge in [-0.05, 0) is 80.2 Å². The Kier molecular flexibility index (Phi) is 3.84. The topological polar surface area (TPSA) is 82.1 Å². The zero-order valence-electron chi connectivity index (χ0n) is 17.0. The number of nitrogens with one attached hydrogen (secondary N) is 2. The van der Waals surface area contributed by atoms with E-state index < -0.39 is 5.60 Å². The van der Waals surface area contributed by atoms with Gasteiger partial charge >= 0.3 is 0 Å². The molecular formula is C24H27N4O2+. The van der Waals surface area contributed by atoms with E-state index in [4.69, 9.17) is 0 Å². The predicted molar refractivity (Wildman–Crippen MR) is 111 cm³/mol. The van der Waals surface area contributed by atoms with Gasteiger partial charge in [0.25, 0.3) is 11.7 Å². The minimum atomic E-state index is -0.587. The SMILES string of the molecule is O=C(NC12CC3CC(CC(O)(C3)C1)C2)c1[nH]c(Cc2ccncc2)[n+]2ccccc12. The normalized spacial score (nSPS) is 31.9. The van der Waals surface area contributed by atoms with Crippen LogP contribution in [-0.2, 0) is 6.42 Å². The molecule has 6 heteroatoms. The average molecular weight is 404 g/mol. The number of amides is 1. The van der Waals surface area contributed by atoms with Gasteiger partial charge in [0.05, 0.1) is 18.2 Å². The van der Waals surface area contributed by atoms with Crippen LogP contribution in [0.2, 0.25) is 0 Å². The molecule has 2 atom stereocenters. The molecular weight excluding hydrogens is 376 g/mol. The number of fused-ring (bicyclic) bond motifs is 1. The molecule has 6 nitrogen and oxygen atoms in total. The summed E-state index contributed by atoms with van der Waals surface area (Å²) < 4.78 is 2.06. The maximum atomic E-state index is 13.5. The molecule has 1 amide bonds. The van der Waals surface area contributed by atoms with Crippen molar-refractivity contribution in [2.75, 3.05) is 0 Å². The van der Waals surface area contributed by atoms with Crippen molar-refractivity contribution < 1.29 is 14.3 Å². The molecule has 2 unspecified atom stereocenters. The first-order chi connectivity index (χ1) is 14.5. The van der Waals surface area contributed by atoms with Crippen molar-refractivity contribution in [2.45, 2.75) is 56.1 Å². The zero-order chi connectivity index (χ0) is 20.3. The van der Waals surface area contributed by atoms with E-state index in [0.717, 1.165) is 42.6 Å². The van der Waals surface area contributed by atoms with Crippen molar-refractivity contribution in [1.29, 1.82) is 0 Å². The first-order valence-corrected chi connectivity index (χ1v) is 11.0. The van der Waals surface area contributed by atoms with Crippen LogP contribution in [0.4, 0.5) is 0 Å². The third kappa shape index (κ3) is 2.93. The monoisotopic (exact) mass is 403 g/mol. The number of carbonyl (C=O) groups excluding carboxylic acids is 1. The molecule has 3 aromatic heterocycles. The first kappa shape index (κ1) is 18.1. The fourth-order valence-corrected chi connectivity index (χ4v) is 6.81. The molecule has 4 bridgehead atoms. The summed E-state index contributed by atoms with van der Waals surface area (Å²) in [5.41, 5.74) is 1.76. The van der Waals surface area contributed by atoms with E-state index in [1.54, 1.807) is 12.4 Å². The summed E-state index contributed by atoms with van der Waals surface area (Å²) in [7, 11) is 0. The number of rotatable bonds is 4. The Hall–Kier alpha value is -2.73. The maximum absolute atomic E-state index is 13.5. The first-order valence-electron chi connectivity index (χ1n) is 11.0. The van der Waals surface area contributed by atoms with Gasteiger partial charge < -0.3 is 10.4 Å². The van der Waals surface area contributed by atoms with E-state index in [-0.39, 0.29) is 11.4 Å². The standard InChI is InChI=1S/C24H26N4O2/c29-22(27-23-11-17-9-18(12-23)14-24(30,13-17)15-23)21-19-3-1-2-8-28(19)20(26-21)10-16-4-6-25-7-5-16/h1-8,17-18,30H,9-15H2,(H,27,29)/p+1. The Morgan fingerprint density at radius 3 is 2.67 bits per heavy atom. The second-order valence-electron chi connectivity index (χ2n) is 9.85. The molecule has 154 valence electrons. The highest BCUT2D eigenvalue weighted by Crippen LogP contribution is 2.57. The lowest BCUT2D eigenvalue weighted by Gasteiger charge is -2.60. The van der Waals surface area contributed by atoms with E-state index in [0.29, 0.717) is 30.4 Å². The van der Waals surface area contributed by atoms with Crippen LogP contribution in [0.1, 0.15) is 60.4 Å². The van der Waals surface area contributed by atoms with E-state index in [1.165, 1.54) is 6.42 Å². The Labute approximate surface area is 175 Å². The summed E-state index contributed by atoms with van der Waals surface area (Å²) in [6.45, 7) is 0. The number of imidazole rings is 1. The lowest BCUT2D eigenvalue weighted by atomic mass is 9.51.